The second-order valence-corrected chi connectivity index (χ2v) is 8.28. The topological polar surface area (TPSA) is 12.5 Å². The van der Waals surface area contributed by atoms with E-state index in [1.165, 1.54) is 45.3 Å². The van der Waals surface area contributed by atoms with Crippen LogP contribution in [0.2, 0.25) is 0 Å². The fraction of sp³-hybridized carbons (Fsp3) is 1.00. The largest absolute Gasteiger partial charge is 0.378 e. The number of piperidine rings is 1. The van der Waals surface area contributed by atoms with Crippen LogP contribution in [0.4, 0.5) is 0 Å². The summed E-state index contributed by atoms with van der Waals surface area (Å²) in [7, 11) is 0. The van der Waals surface area contributed by atoms with E-state index < -0.39 is 0 Å². The van der Waals surface area contributed by atoms with Crippen LogP contribution in [0.1, 0.15) is 60.3 Å². The summed E-state index contributed by atoms with van der Waals surface area (Å²) < 4.78 is 6.11. The maximum atomic E-state index is 6.11. The van der Waals surface area contributed by atoms with Gasteiger partial charge in [0.1, 0.15) is 0 Å². The van der Waals surface area contributed by atoms with Gasteiger partial charge >= 0.3 is 0 Å². The van der Waals surface area contributed by atoms with Crippen LogP contribution in [-0.4, -0.2) is 37.2 Å². The molecule has 2 rings (SSSR count). The highest BCUT2D eigenvalue weighted by atomic mass is 16.5. The molecule has 1 unspecified atom stereocenters. The van der Waals surface area contributed by atoms with Crippen molar-refractivity contribution in [3.8, 4) is 0 Å². The molecule has 1 aliphatic heterocycles. The van der Waals surface area contributed by atoms with E-state index >= 15 is 0 Å². The molecule has 0 amide bonds. The van der Waals surface area contributed by atoms with Crippen molar-refractivity contribution >= 4 is 0 Å². The Morgan fingerprint density at radius 1 is 1.05 bits per heavy atom. The summed E-state index contributed by atoms with van der Waals surface area (Å²) in [5, 5.41) is 0. The van der Waals surface area contributed by atoms with Crippen molar-refractivity contribution in [2.75, 3.05) is 26.2 Å². The predicted molar refractivity (Wildman–Crippen MR) is 85.9 cm³/mol. The van der Waals surface area contributed by atoms with Gasteiger partial charge in [0.05, 0.1) is 6.10 Å². The van der Waals surface area contributed by atoms with Crippen LogP contribution in [0.3, 0.4) is 0 Å². The van der Waals surface area contributed by atoms with Gasteiger partial charge in [-0.05, 0) is 61.9 Å². The fourth-order valence-electron chi connectivity index (χ4n) is 3.64. The van der Waals surface area contributed by atoms with Gasteiger partial charge in [0.25, 0.3) is 0 Å². The zero-order valence-corrected chi connectivity index (χ0v) is 14.3. The van der Waals surface area contributed by atoms with Gasteiger partial charge in [-0.25, -0.2) is 0 Å². The lowest BCUT2D eigenvalue weighted by atomic mass is 9.61. The number of hydrogen-bond acceptors (Lipinski definition) is 2. The Kier molecular flexibility index (Phi) is 5.53. The summed E-state index contributed by atoms with van der Waals surface area (Å²) in [5.41, 5.74) is 0.652. The van der Waals surface area contributed by atoms with Crippen molar-refractivity contribution in [1.82, 2.24) is 4.90 Å². The lowest BCUT2D eigenvalue weighted by Gasteiger charge is -2.52. The predicted octanol–water partition coefficient (Wildman–Crippen LogP) is 4.20. The average molecular weight is 281 g/mol. The number of hydrogen-bond donors (Lipinski definition) is 0. The van der Waals surface area contributed by atoms with Crippen LogP contribution in [0, 0.1) is 23.2 Å². The third-order valence-electron chi connectivity index (χ3n) is 5.59. The minimum absolute atomic E-state index is 0.563. The minimum Gasteiger partial charge on any atom is -0.378 e. The zero-order chi connectivity index (χ0) is 14.8. The lowest BCUT2D eigenvalue weighted by molar-refractivity contribution is -0.114. The van der Waals surface area contributed by atoms with Crippen molar-refractivity contribution in [2.24, 2.45) is 23.2 Å². The molecule has 2 fully saturated rings. The lowest BCUT2D eigenvalue weighted by Crippen LogP contribution is -2.50. The quantitative estimate of drug-likeness (QED) is 0.723. The van der Waals surface area contributed by atoms with Crippen LogP contribution >= 0.6 is 0 Å². The van der Waals surface area contributed by atoms with Crippen molar-refractivity contribution in [2.45, 2.75) is 66.4 Å². The SMILES string of the molecule is CC(C)CN1CCC2(CC1)CC(OCC(C)C(C)C)C2. The van der Waals surface area contributed by atoms with Gasteiger partial charge < -0.3 is 9.64 Å². The molecule has 0 aromatic heterocycles. The molecule has 0 radical (unpaired) electrons. The van der Waals surface area contributed by atoms with Gasteiger partial charge in [-0.2, -0.15) is 0 Å². The third kappa shape index (κ3) is 4.21. The molecule has 20 heavy (non-hydrogen) atoms. The maximum Gasteiger partial charge on any atom is 0.0585 e. The van der Waals surface area contributed by atoms with Gasteiger partial charge in [0, 0.05) is 13.2 Å². The number of ether oxygens (including phenoxy) is 1. The highest BCUT2D eigenvalue weighted by molar-refractivity contribution is 4.98. The Morgan fingerprint density at radius 2 is 1.65 bits per heavy atom. The van der Waals surface area contributed by atoms with Crippen LogP contribution in [0.15, 0.2) is 0 Å². The molecule has 2 nitrogen and oxygen atoms in total. The number of nitrogens with zero attached hydrogens (tertiary/aromatic N) is 1. The molecule has 1 aliphatic carbocycles. The molecule has 0 bridgehead atoms. The molecule has 0 aromatic carbocycles. The molecular formula is C18H35NO. The number of rotatable bonds is 6. The first-order valence-corrected chi connectivity index (χ1v) is 8.74. The molecular weight excluding hydrogens is 246 g/mol. The first-order valence-electron chi connectivity index (χ1n) is 8.74. The highest BCUT2D eigenvalue weighted by Crippen LogP contribution is 2.50. The molecule has 0 N–H and O–H groups in total. The van der Waals surface area contributed by atoms with E-state index in [-0.39, 0.29) is 0 Å². The molecule has 1 heterocycles. The van der Waals surface area contributed by atoms with Crippen molar-refractivity contribution in [1.29, 1.82) is 0 Å². The van der Waals surface area contributed by atoms with E-state index in [1.54, 1.807) is 0 Å². The van der Waals surface area contributed by atoms with Gasteiger partial charge in [0.2, 0.25) is 0 Å². The zero-order valence-electron chi connectivity index (χ0n) is 14.3. The molecule has 1 spiro atoms. The Bertz CT molecular complexity index is 284. The van der Waals surface area contributed by atoms with Gasteiger partial charge in [-0.15, -0.1) is 0 Å². The Morgan fingerprint density at radius 3 is 2.15 bits per heavy atom. The van der Waals surface area contributed by atoms with Gasteiger partial charge in [0.15, 0.2) is 0 Å². The maximum absolute atomic E-state index is 6.11. The second kappa shape index (κ2) is 6.79. The molecule has 2 aliphatic rings. The Balaban J connectivity index is 1.64. The monoisotopic (exact) mass is 281 g/mol. The van der Waals surface area contributed by atoms with Crippen molar-refractivity contribution < 1.29 is 4.74 Å². The van der Waals surface area contributed by atoms with Crippen molar-refractivity contribution in [3.05, 3.63) is 0 Å². The van der Waals surface area contributed by atoms with E-state index in [0.29, 0.717) is 17.4 Å². The van der Waals surface area contributed by atoms with E-state index in [0.717, 1.165) is 18.4 Å². The van der Waals surface area contributed by atoms with Crippen LogP contribution in [0.25, 0.3) is 0 Å². The van der Waals surface area contributed by atoms with E-state index in [2.05, 4.69) is 39.5 Å². The van der Waals surface area contributed by atoms with Crippen LogP contribution < -0.4 is 0 Å². The Labute approximate surface area is 126 Å². The molecule has 0 aromatic rings. The summed E-state index contributed by atoms with van der Waals surface area (Å²) in [6.45, 7) is 16.4. The fourth-order valence-corrected chi connectivity index (χ4v) is 3.64. The first-order chi connectivity index (χ1) is 9.40. The van der Waals surface area contributed by atoms with Gasteiger partial charge in [-0.1, -0.05) is 34.6 Å². The van der Waals surface area contributed by atoms with Crippen LogP contribution in [-0.2, 0) is 4.74 Å². The Hall–Kier alpha value is -0.0800. The first kappa shape index (κ1) is 16.3. The van der Waals surface area contributed by atoms with Crippen molar-refractivity contribution in [3.63, 3.8) is 0 Å². The molecule has 2 heteroatoms. The summed E-state index contributed by atoms with van der Waals surface area (Å²) in [4.78, 5) is 2.66. The van der Waals surface area contributed by atoms with E-state index in [9.17, 15) is 0 Å². The molecule has 1 saturated heterocycles. The molecule has 118 valence electrons. The minimum atomic E-state index is 0.563. The van der Waals surface area contributed by atoms with E-state index in [4.69, 9.17) is 4.74 Å². The summed E-state index contributed by atoms with van der Waals surface area (Å²) in [5.74, 6) is 2.24. The normalized spacial score (nSPS) is 25.4. The van der Waals surface area contributed by atoms with Gasteiger partial charge in [-0.3, -0.25) is 0 Å². The summed E-state index contributed by atoms with van der Waals surface area (Å²) in [6, 6.07) is 0. The third-order valence-corrected chi connectivity index (χ3v) is 5.59. The molecule has 1 atom stereocenters. The van der Waals surface area contributed by atoms with Crippen LogP contribution in [0.5, 0.6) is 0 Å². The summed E-state index contributed by atoms with van der Waals surface area (Å²) in [6.07, 6.45) is 6.02. The standard InChI is InChI=1S/C18H35NO/c1-14(2)12-19-8-6-18(7-9-19)10-17(11-18)20-13-16(5)15(3)4/h14-17H,6-13H2,1-5H3. The number of likely N-dealkylation sites (tertiary alicyclic amines) is 1. The van der Waals surface area contributed by atoms with E-state index in [1.807, 2.05) is 0 Å². The summed E-state index contributed by atoms with van der Waals surface area (Å²) >= 11 is 0. The average Bonchev–Trinajstić information content (AvgIpc) is 2.34. The second-order valence-electron chi connectivity index (χ2n) is 8.28. The highest BCUT2D eigenvalue weighted by Gasteiger charge is 2.46. The molecule has 1 saturated carbocycles. The smallest absolute Gasteiger partial charge is 0.0585 e.